The van der Waals surface area contributed by atoms with Crippen molar-refractivity contribution in [2.45, 2.75) is 44.0 Å². The molecule has 0 aliphatic carbocycles. The molecule has 1 fully saturated rings. The van der Waals surface area contributed by atoms with Crippen LogP contribution in [0.2, 0.25) is 0 Å². The number of hydrogen-bond donors (Lipinski definition) is 1. The molecule has 0 radical (unpaired) electrons. The maximum absolute atomic E-state index is 13.1. The van der Waals surface area contributed by atoms with Gasteiger partial charge >= 0.3 is 0 Å². The van der Waals surface area contributed by atoms with Crippen molar-refractivity contribution in [2.24, 2.45) is 5.92 Å². The second-order valence-corrected chi connectivity index (χ2v) is 9.42. The number of carbonyl (C=O) groups excluding carboxylic acids is 1. The summed E-state index contributed by atoms with van der Waals surface area (Å²) < 4.78 is 40.2. The third kappa shape index (κ3) is 4.85. The SMILES string of the molecule is CCC(NC(=O)C1CCCN(S(=O)(=O)c2ccc(F)cc2)C1)c1ccccc1C. The molecule has 2 atom stereocenters. The maximum atomic E-state index is 13.1. The summed E-state index contributed by atoms with van der Waals surface area (Å²) in [5, 5.41) is 3.10. The second kappa shape index (κ2) is 9.05. The zero-order valence-electron chi connectivity index (χ0n) is 16.8. The third-order valence-corrected chi connectivity index (χ3v) is 7.37. The lowest BCUT2D eigenvalue weighted by Gasteiger charge is -2.32. The Morgan fingerprint density at radius 3 is 2.55 bits per heavy atom. The normalized spacial score (nSPS) is 18.9. The Morgan fingerprint density at radius 2 is 1.90 bits per heavy atom. The van der Waals surface area contributed by atoms with E-state index in [-0.39, 0.29) is 23.4 Å². The number of hydrogen-bond acceptors (Lipinski definition) is 3. The van der Waals surface area contributed by atoms with Gasteiger partial charge in [-0.1, -0.05) is 31.2 Å². The smallest absolute Gasteiger partial charge is 0.243 e. The van der Waals surface area contributed by atoms with Crippen molar-refractivity contribution in [1.82, 2.24) is 9.62 Å². The fourth-order valence-corrected chi connectivity index (χ4v) is 5.32. The Bertz CT molecular complexity index is 960. The number of piperidine rings is 1. The van der Waals surface area contributed by atoms with Gasteiger partial charge in [0.1, 0.15) is 5.82 Å². The van der Waals surface area contributed by atoms with Crippen molar-refractivity contribution in [3.8, 4) is 0 Å². The molecule has 3 rings (SSSR count). The molecule has 1 aliphatic rings. The topological polar surface area (TPSA) is 66.5 Å². The standard InChI is InChI=1S/C22H27FN2O3S/c1-3-21(20-9-5-4-7-16(20)2)24-22(26)17-8-6-14-25(15-17)29(27,28)19-12-10-18(23)11-13-19/h4-5,7,9-13,17,21H,3,6,8,14-15H2,1-2H3,(H,24,26). The van der Waals surface area contributed by atoms with Gasteiger partial charge in [0.2, 0.25) is 15.9 Å². The summed E-state index contributed by atoms with van der Waals surface area (Å²) in [5.41, 5.74) is 2.19. The van der Waals surface area contributed by atoms with Gasteiger partial charge in [0, 0.05) is 13.1 Å². The van der Waals surface area contributed by atoms with E-state index in [0.717, 1.165) is 29.7 Å². The lowest BCUT2D eigenvalue weighted by Crippen LogP contribution is -2.46. The van der Waals surface area contributed by atoms with Crippen LogP contribution in [0.4, 0.5) is 4.39 Å². The lowest BCUT2D eigenvalue weighted by atomic mass is 9.95. The average molecular weight is 419 g/mol. The summed E-state index contributed by atoms with van der Waals surface area (Å²) in [4.78, 5) is 13.0. The molecule has 2 aromatic carbocycles. The van der Waals surface area contributed by atoms with Crippen molar-refractivity contribution in [3.05, 3.63) is 65.5 Å². The molecule has 1 aliphatic heterocycles. The molecule has 2 unspecified atom stereocenters. The molecule has 5 nitrogen and oxygen atoms in total. The van der Waals surface area contributed by atoms with Crippen LogP contribution in [-0.4, -0.2) is 31.7 Å². The number of sulfonamides is 1. The van der Waals surface area contributed by atoms with Crippen LogP contribution in [0.1, 0.15) is 43.4 Å². The molecular weight excluding hydrogens is 391 g/mol. The van der Waals surface area contributed by atoms with Gasteiger partial charge in [-0.15, -0.1) is 0 Å². The first kappa shape index (κ1) is 21.5. The number of nitrogens with one attached hydrogen (secondary N) is 1. The zero-order valence-corrected chi connectivity index (χ0v) is 17.6. The van der Waals surface area contributed by atoms with Gasteiger partial charge in [0.05, 0.1) is 16.9 Å². The van der Waals surface area contributed by atoms with Gasteiger partial charge in [-0.3, -0.25) is 4.79 Å². The first-order valence-corrected chi connectivity index (χ1v) is 11.4. The van der Waals surface area contributed by atoms with Gasteiger partial charge in [-0.25, -0.2) is 12.8 Å². The van der Waals surface area contributed by atoms with Crippen LogP contribution < -0.4 is 5.32 Å². The number of halogens is 1. The highest BCUT2D eigenvalue weighted by molar-refractivity contribution is 7.89. The largest absolute Gasteiger partial charge is 0.349 e. The summed E-state index contributed by atoms with van der Waals surface area (Å²) in [7, 11) is -3.75. The maximum Gasteiger partial charge on any atom is 0.243 e. The summed E-state index contributed by atoms with van der Waals surface area (Å²) in [6.45, 7) is 4.53. The van der Waals surface area contributed by atoms with E-state index in [4.69, 9.17) is 0 Å². The highest BCUT2D eigenvalue weighted by atomic mass is 32.2. The minimum absolute atomic E-state index is 0.0475. The number of amides is 1. The fraction of sp³-hybridized carbons (Fsp3) is 0.409. The molecule has 2 aromatic rings. The molecule has 1 amide bonds. The monoisotopic (exact) mass is 418 g/mol. The van der Waals surface area contributed by atoms with Gasteiger partial charge in [0.15, 0.2) is 0 Å². The highest BCUT2D eigenvalue weighted by Crippen LogP contribution is 2.26. The first-order valence-electron chi connectivity index (χ1n) is 9.94. The van der Waals surface area contributed by atoms with E-state index in [9.17, 15) is 17.6 Å². The third-order valence-electron chi connectivity index (χ3n) is 5.49. The van der Waals surface area contributed by atoms with Crippen LogP contribution in [-0.2, 0) is 14.8 Å². The van der Waals surface area contributed by atoms with Crippen molar-refractivity contribution in [1.29, 1.82) is 0 Å². The lowest BCUT2D eigenvalue weighted by molar-refractivity contribution is -0.126. The van der Waals surface area contributed by atoms with Crippen LogP contribution in [0.5, 0.6) is 0 Å². The molecule has 7 heteroatoms. The predicted molar refractivity (Wildman–Crippen MR) is 110 cm³/mol. The first-order chi connectivity index (χ1) is 13.8. The van der Waals surface area contributed by atoms with E-state index in [1.807, 2.05) is 38.1 Å². The fourth-order valence-electron chi connectivity index (χ4n) is 3.80. The second-order valence-electron chi connectivity index (χ2n) is 7.48. The number of aryl methyl sites for hydroxylation is 1. The van der Waals surface area contributed by atoms with Crippen LogP contribution in [0.25, 0.3) is 0 Å². The molecule has 0 spiro atoms. The molecular formula is C22H27FN2O3S. The number of nitrogens with zero attached hydrogens (tertiary/aromatic N) is 1. The summed E-state index contributed by atoms with van der Waals surface area (Å²) in [6, 6.07) is 12.6. The van der Waals surface area contributed by atoms with Crippen molar-refractivity contribution in [2.75, 3.05) is 13.1 Å². The minimum Gasteiger partial charge on any atom is -0.349 e. The summed E-state index contributed by atoms with van der Waals surface area (Å²) in [6.07, 6.45) is 2.01. The van der Waals surface area contributed by atoms with Crippen LogP contribution >= 0.6 is 0 Å². The van der Waals surface area contributed by atoms with Crippen LogP contribution in [0, 0.1) is 18.7 Å². The molecule has 1 heterocycles. The van der Waals surface area contributed by atoms with Crippen molar-refractivity contribution >= 4 is 15.9 Å². The Balaban J connectivity index is 1.72. The van der Waals surface area contributed by atoms with E-state index in [1.54, 1.807) is 0 Å². The number of rotatable bonds is 6. The molecule has 29 heavy (non-hydrogen) atoms. The Morgan fingerprint density at radius 1 is 1.21 bits per heavy atom. The van der Waals surface area contributed by atoms with Crippen molar-refractivity contribution < 1.29 is 17.6 Å². The van der Waals surface area contributed by atoms with E-state index in [0.29, 0.717) is 19.4 Å². The van der Waals surface area contributed by atoms with E-state index >= 15 is 0 Å². The van der Waals surface area contributed by atoms with Crippen LogP contribution in [0.15, 0.2) is 53.4 Å². The summed E-state index contributed by atoms with van der Waals surface area (Å²) in [5.74, 6) is -1.02. The number of carbonyl (C=O) groups is 1. The Kier molecular flexibility index (Phi) is 6.70. The van der Waals surface area contributed by atoms with Gasteiger partial charge in [-0.05, 0) is 61.6 Å². The predicted octanol–water partition coefficient (Wildman–Crippen LogP) is 3.80. The average Bonchev–Trinajstić information content (AvgIpc) is 2.73. The van der Waals surface area contributed by atoms with E-state index < -0.39 is 21.8 Å². The van der Waals surface area contributed by atoms with E-state index in [2.05, 4.69) is 5.32 Å². The molecule has 1 saturated heterocycles. The minimum atomic E-state index is -3.75. The Labute approximate surface area is 172 Å². The highest BCUT2D eigenvalue weighted by Gasteiger charge is 2.34. The Hall–Kier alpha value is -2.25. The molecule has 0 aromatic heterocycles. The van der Waals surface area contributed by atoms with Gasteiger partial charge in [-0.2, -0.15) is 4.31 Å². The van der Waals surface area contributed by atoms with Gasteiger partial charge < -0.3 is 5.32 Å². The van der Waals surface area contributed by atoms with E-state index in [1.165, 1.54) is 16.4 Å². The zero-order chi connectivity index (χ0) is 21.0. The molecule has 0 saturated carbocycles. The van der Waals surface area contributed by atoms with Gasteiger partial charge in [0.25, 0.3) is 0 Å². The molecule has 0 bridgehead atoms. The molecule has 1 N–H and O–H groups in total. The summed E-state index contributed by atoms with van der Waals surface area (Å²) >= 11 is 0. The molecule has 156 valence electrons. The number of benzene rings is 2. The van der Waals surface area contributed by atoms with Crippen LogP contribution in [0.3, 0.4) is 0 Å². The quantitative estimate of drug-likeness (QED) is 0.776. The van der Waals surface area contributed by atoms with Crippen molar-refractivity contribution in [3.63, 3.8) is 0 Å².